The lowest BCUT2D eigenvalue weighted by molar-refractivity contribution is 0.502. The Morgan fingerprint density at radius 2 is 1.54 bits per heavy atom. The highest BCUT2D eigenvalue weighted by Gasteiger charge is 2.28. The summed E-state index contributed by atoms with van der Waals surface area (Å²) in [6.07, 6.45) is 20.0. The average Bonchev–Trinajstić information content (AvgIpc) is 3.99. The van der Waals surface area contributed by atoms with Crippen molar-refractivity contribution in [2.24, 2.45) is 0 Å². The molecule has 4 aromatic heterocycles. The molecule has 8 heteroatoms. The smallest absolute Gasteiger partial charge is 0.227 e. The number of aromatic nitrogens is 5. The summed E-state index contributed by atoms with van der Waals surface area (Å²) in [5.74, 6) is 3.13. The van der Waals surface area contributed by atoms with Crippen LogP contribution in [0, 0.1) is 0 Å². The van der Waals surface area contributed by atoms with E-state index < -0.39 is 0 Å². The fourth-order valence-corrected chi connectivity index (χ4v) is 8.80. The number of oxazole rings is 2. The van der Waals surface area contributed by atoms with Crippen molar-refractivity contribution in [2.75, 3.05) is 0 Å². The van der Waals surface area contributed by atoms with Crippen LogP contribution in [0.4, 0.5) is 0 Å². The van der Waals surface area contributed by atoms with Gasteiger partial charge in [-0.3, -0.25) is 0 Å². The van der Waals surface area contributed by atoms with Gasteiger partial charge in [0, 0.05) is 37.2 Å². The molecule has 0 bridgehead atoms. The van der Waals surface area contributed by atoms with Crippen molar-refractivity contribution >= 4 is 60.8 Å². The van der Waals surface area contributed by atoms with Crippen LogP contribution in [0.15, 0.2) is 149 Å². The molecule has 1 aliphatic rings. The van der Waals surface area contributed by atoms with Gasteiger partial charge in [0.2, 0.25) is 11.8 Å². The Bertz CT molecular complexity index is 2960. The minimum Gasteiger partial charge on any atom is -0.440 e. The largest absolute Gasteiger partial charge is 0.440 e. The normalized spacial score (nSPS) is 14.8. The Kier molecular flexibility index (Phi) is 9.70. The molecule has 0 aliphatic heterocycles. The lowest BCUT2D eigenvalue weighted by Gasteiger charge is -2.14. The molecule has 57 heavy (non-hydrogen) atoms. The minimum atomic E-state index is 0.0663. The zero-order chi connectivity index (χ0) is 38.9. The van der Waals surface area contributed by atoms with Gasteiger partial charge in [-0.1, -0.05) is 97.1 Å². The molecule has 278 valence electrons. The van der Waals surface area contributed by atoms with E-state index in [0.717, 1.165) is 62.3 Å². The molecule has 8 aromatic rings. The monoisotopic (exact) mass is 761 g/mol. The summed E-state index contributed by atoms with van der Waals surface area (Å²) in [5.41, 5.74) is 10.1. The lowest BCUT2D eigenvalue weighted by Crippen LogP contribution is -2.04. The van der Waals surface area contributed by atoms with Crippen molar-refractivity contribution in [1.82, 2.24) is 24.9 Å². The van der Waals surface area contributed by atoms with Crippen LogP contribution in [0.2, 0.25) is 0 Å². The second-order valence-electron chi connectivity index (χ2n) is 13.8. The highest BCUT2D eigenvalue weighted by molar-refractivity contribution is 7.20. The number of allylic oxidation sites excluding steroid dienone is 10. The summed E-state index contributed by atoms with van der Waals surface area (Å²) in [6, 6.07) is 28.9. The molecule has 0 saturated heterocycles. The van der Waals surface area contributed by atoms with Crippen LogP contribution in [0.3, 0.4) is 0 Å². The first-order chi connectivity index (χ1) is 28.0. The van der Waals surface area contributed by atoms with Crippen LogP contribution in [0.1, 0.15) is 67.5 Å². The van der Waals surface area contributed by atoms with Crippen LogP contribution >= 0.6 is 11.3 Å². The summed E-state index contributed by atoms with van der Waals surface area (Å²) >= 11 is 1.83. The molecule has 7 nitrogen and oxygen atoms in total. The first-order valence-corrected chi connectivity index (χ1v) is 20.0. The van der Waals surface area contributed by atoms with E-state index in [4.69, 9.17) is 33.8 Å². The van der Waals surface area contributed by atoms with Crippen LogP contribution in [-0.2, 0) is 0 Å². The summed E-state index contributed by atoms with van der Waals surface area (Å²) in [7, 11) is 0. The maximum Gasteiger partial charge on any atom is 0.227 e. The van der Waals surface area contributed by atoms with E-state index >= 15 is 0 Å². The molecule has 4 aromatic carbocycles. The molecule has 0 radical (unpaired) electrons. The summed E-state index contributed by atoms with van der Waals surface area (Å²) < 4.78 is 13.9. The van der Waals surface area contributed by atoms with Crippen molar-refractivity contribution in [3.8, 4) is 34.0 Å². The van der Waals surface area contributed by atoms with Crippen LogP contribution in [-0.4, -0.2) is 24.9 Å². The van der Waals surface area contributed by atoms with E-state index in [9.17, 15) is 0 Å². The molecule has 1 unspecified atom stereocenters. The predicted molar refractivity (Wildman–Crippen MR) is 235 cm³/mol. The summed E-state index contributed by atoms with van der Waals surface area (Å²) in [6.45, 7) is 9.84. The Morgan fingerprint density at radius 1 is 0.754 bits per heavy atom. The second kappa shape index (κ2) is 15.4. The molecule has 9 rings (SSSR count). The highest BCUT2D eigenvalue weighted by Crippen LogP contribution is 2.47. The first kappa shape index (κ1) is 35.9. The van der Waals surface area contributed by atoms with Crippen molar-refractivity contribution in [2.45, 2.75) is 39.5 Å². The van der Waals surface area contributed by atoms with Crippen molar-refractivity contribution in [3.05, 3.63) is 168 Å². The first-order valence-electron chi connectivity index (χ1n) is 19.1. The number of nitrogens with zero attached hydrogens (tertiary/aromatic N) is 5. The Hall–Kier alpha value is -6.77. The average molecular weight is 762 g/mol. The third-order valence-electron chi connectivity index (χ3n) is 10.1. The van der Waals surface area contributed by atoms with Gasteiger partial charge in [-0.15, -0.1) is 17.9 Å². The number of thiophene rings is 1. The molecule has 4 heterocycles. The minimum absolute atomic E-state index is 0.0663. The molecule has 0 N–H and O–H groups in total. The standard InChI is InChI=1S/C49H39N5O2S/c1-5-9-17-31(16-7-3)46-52-45(30(8-4)15-6-2)53-47(54-46)33-26-27-42-40(29-33)51-48(55-42)34-19-12-18-32(28-34)35-20-13-21-36-37-22-14-23-38(44(37)57-43(35)36)49-50-39-24-10-11-25-41(39)56-49/h5-8,10-22,24-29,38H,1,9,23H2,2-4H3/b15-6-,16-7-,30-8+,31-17+. The highest BCUT2D eigenvalue weighted by atomic mass is 32.1. The fourth-order valence-electron chi connectivity index (χ4n) is 7.37. The maximum atomic E-state index is 6.39. The number of rotatable bonds is 10. The lowest BCUT2D eigenvalue weighted by atomic mass is 9.92. The zero-order valence-corrected chi connectivity index (χ0v) is 32.8. The maximum absolute atomic E-state index is 6.39. The van der Waals surface area contributed by atoms with E-state index in [1.807, 2.05) is 117 Å². The molecule has 0 spiro atoms. The van der Waals surface area contributed by atoms with Gasteiger partial charge in [-0.2, -0.15) is 0 Å². The third kappa shape index (κ3) is 6.78. The SMILES string of the molecule is C=CC/C=C(\C=C/C)c1nc(C(/C=C\C)=C/C)nc(-c2ccc3oc(-c4cccc(-c5cccc6c7c(sc56)C(c5nc6ccccc6o5)CC=C7)c4)nc3c2)n1. The number of hydrogen-bond donors (Lipinski definition) is 0. The van der Waals surface area contributed by atoms with E-state index in [2.05, 4.69) is 61.2 Å². The quantitative estimate of drug-likeness (QED) is 0.101. The van der Waals surface area contributed by atoms with Crippen LogP contribution < -0.4 is 0 Å². The Balaban J connectivity index is 1.08. The number of para-hydroxylation sites is 2. The van der Waals surface area contributed by atoms with Gasteiger partial charge in [-0.25, -0.2) is 24.9 Å². The molecule has 0 fully saturated rings. The Labute approximate surface area is 334 Å². The second-order valence-corrected chi connectivity index (χ2v) is 14.8. The van der Waals surface area contributed by atoms with E-state index in [1.165, 1.54) is 20.5 Å². The topological polar surface area (TPSA) is 90.7 Å². The molecule has 1 atom stereocenters. The fraction of sp³-hybridized carbons (Fsp3) is 0.122. The van der Waals surface area contributed by atoms with Crippen molar-refractivity contribution in [1.29, 1.82) is 0 Å². The molecular weight excluding hydrogens is 723 g/mol. The number of hydrogen-bond acceptors (Lipinski definition) is 8. The number of fused-ring (bicyclic) bond motifs is 5. The van der Waals surface area contributed by atoms with Crippen molar-refractivity contribution in [3.63, 3.8) is 0 Å². The van der Waals surface area contributed by atoms with Gasteiger partial charge in [0.15, 0.2) is 28.6 Å². The van der Waals surface area contributed by atoms with Gasteiger partial charge in [0.05, 0.1) is 5.92 Å². The van der Waals surface area contributed by atoms with Gasteiger partial charge in [0.25, 0.3) is 0 Å². The molecule has 0 saturated carbocycles. The molecule has 1 aliphatic carbocycles. The van der Waals surface area contributed by atoms with E-state index in [-0.39, 0.29) is 5.92 Å². The van der Waals surface area contributed by atoms with Gasteiger partial charge >= 0.3 is 0 Å². The Morgan fingerprint density at radius 3 is 2.37 bits per heavy atom. The molecular formula is C49H39N5O2S. The van der Waals surface area contributed by atoms with E-state index in [1.54, 1.807) is 0 Å². The zero-order valence-electron chi connectivity index (χ0n) is 31.9. The predicted octanol–water partition coefficient (Wildman–Crippen LogP) is 13.4. The van der Waals surface area contributed by atoms with Gasteiger partial charge < -0.3 is 8.83 Å². The third-order valence-corrected chi connectivity index (χ3v) is 11.5. The number of benzene rings is 4. The van der Waals surface area contributed by atoms with Gasteiger partial charge in [-0.05, 0) is 92.8 Å². The van der Waals surface area contributed by atoms with Crippen LogP contribution in [0.5, 0.6) is 0 Å². The van der Waals surface area contributed by atoms with E-state index in [0.29, 0.717) is 35.4 Å². The molecule has 0 amide bonds. The summed E-state index contributed by atoms with van der Waals surface area (Å²) in [4.78, 5) is 25.9. The van der Waals surface area contributed by atoms with Gasteiger partial charge in [0.1, 0.15) is 11.0 Å². The van der Waals surface area contributed by atoms with Crippen molar-refractivity contribution < 1.29 is 8.83 Å². The summed E-state index contributed by atoms with van der Waals surface area (Å²) in [5, 5.41) is 1.23. The van der Waals surface area contributed by atoms with Crippen LogP contribution in [0.25, 0.3) is 83.5 Å².